The van der Waals surface area contributed by atoms with Crippen LogP contribution in [0.5, 0.6) is 5.75 Å². The summed E-state index contributed by atoms with van der Waals surface area (Å²) in [5.74, 6) is 0.888. The summed E-state index contributed by atoms with van der Waals surface area (Å²) in [6.45, 7) is 2.33. The first-order valence-corrected chi connectivity index (χ1v) is 10.9. The first-order valence-electron chi connectivity index (χ1n) is 10.1. The molecular formula is C24H25NO2S. The molecule has 0 aliphatic carbocycles. The highest BCUT2D eigenvalue weighted by molar-refractivity contribution is 7.99. The molecule has 144 valence electrons. The van der Waals surface area contributed by atoms with Crippen LogP contribution in [0.4, 0.5) is 0 Å². The topological polar surface area (TPSA) is 25.6 Å². The number of piperidine rings is 1. The van der Waals surface area contributed by atoms with Crippen LogP contribution in [0.3, 0.4) is 0 Å². The molecule has 0 spiro atoms. The second-order valence-corrected chi connectivity index (χ2v) is 8.81. The third kappa shape index (κ3) is 3.47. The molecule has 1 unspecified atom stereocenters. The third-order valence-electron chi connectivity index (χ3n) is 5.94. The summed E-state index contributed by atoms with van der Waals surface area (Å²) in [6, 6.07) is 15.4. The van der Waals surface area contributed by atoms with E-state index in [1.807, 2.05) is 18.4 Å². The van der Waals surface area contributed by atoms with Crippen LogP contribution in [-0.4, -0.2) is 31.1 Å². The molecule has 5 rings (SSSR count). The summed E-state index contributed by atoms with van der Waals surface area (Å²) < 4.78 is 11.2. The fourth-order valence-corrected chi connectivity index (χ4v) is 5.34. The van der Waals surface area contributed by atoms with Gasteiger partial charge in [0, 0.05) is 33.3 Å². The van der Waals surface area contributed by atoms with Gasteiger partial charge in [0.05, 0.1) is 13.4 Å². The lowest BCUT2D eigenvalue weighted by atomic mass is 9.89. The average Bonchev–Trinajstić information content (AvgIpc) is 3.17. The molecule has 0 radical (unpaired) electrons. The highest BCUT2D eigenvalue weighted by atomic mass is 32.2. The SMILES string of the molecule is COc1cccc(Sc2ccc3occ(C4=CCN5CCCCC5C4)c3c2)c1. The molecule has 1 aromatic heterocycles. The minimum absolute atomic E-state index is 0.702. The van der Waals surface area contributed by atoms with Crippen molar-refractivity contribution in [3.8, 4) is 5.75 Å². The van der Waals surface area contributed by atoms with Crippen molar-refractivity contribution in [2.24, 2.45) is 0 Å². The van der Waals surface area contributed by atoms with E-state index in [9.17, 15) is 0 Å². The smallest absolute Gasteiger partial charge is 0.134 e. The van der Waals surface area contributed by atoms with Gasteiger partial charge in [-0.3, -0.25) is 4.90 Å². The fourth-order valence-electron chi connectivity index (χ4n) is 4.44. The van der Waals surface area contributed by atoms with Gasteiger partial charge in [-0.1, -0.05) is 30.3 Å². The van der Waals surface area contributed by atoms with Crippen LogP contribution in [0.2, 0.25) is 0 Å². The van der Waals surface area contributed by atoms with Crippen LogP contribution < -0.4 is 4.74 Å². The van der Waals surface area contributed by atoms with Crippen LogP contribution in [0.25, 0.3) is 16.5 Å². The molecule has 4 heteroatoms. The summed E-state index contributed by atoms with van der Waals surface area (Å²) >= 11 is 1.76. The summed E-state index contributed by atoms with van der Waals surface area (Å²) in [7, 11) is 1.71. The van der Waals surface area contributed by atoms with Crippen molar-refractivity contribution in [1.29, 1.82) is 0 Å². The van der Waals surface area contributed by atoms with Crippen LogP contribution in [0, 0.1) is 0 Å². The molecule has 0 saturated carbocycles. The van der Waals surface area contributed by atoms with Gasteiger partial charge in [-0.25, -0.2) is 0 Å². The van der Waals surface area contributed by atoms with Gasteiger partial charge in [-0.15, -0.1) is 0 Å². The van der Waals surface area contributed by atoms with Crippen LogP contribution in [0.15, 0.2) is 69.0 Å². The number of hydrogen-bond acceptors (Lipinski definition) is 4. The van der Waals surface area contributed by atoms with E-state index in [4.69, 9.17) is 9.15 Å². The molecule has 2 aliphatic heterocycles. The highest BCUT2D eigenvalue weighted by Crippen LogP contribution is 2.38. The molecule has 0 bridgehead atoms. The molecule has 0 amide bonds. The van der Waals surface area contributed by atoms with E-state index >= 15 is 0 Å². The molecule has 1 fully saturated rings. The predicted octanol–water partition coefficient (Wildman–Crippen LogP) is 6.23. The Morgan fingerprint density at radius 1 is 1.11 bits per heavy atom. The van der Waals surface area contributed by atoms with Gasteiger partial charge in [-0.05, 0) is 67.8 Å². The predicted molar refractivity (Wildman–Crippen MR) is 115 cm³/mol. The summed E-state index contributed by atoms with van der Waals surface area (Å²) in [4.78, 5) is 5.04. The summed E-state index contributed by atoms with van der Waals surface area (Å²) in [6.07, 6.45) is 9.54. The number of benzene rings is 2. The van der Waals surface area contributed by atoms with Crippen molar-refractivity contribution in [2.75, 3.05) is 20.2 Å². The average molecular weight is 392 g/mol. The van der Waals surface area contributed by atoms with E-state index in [1.165, 1.54) is 52.1 Å². The minimum atomic E-state index is 0.702. The van der Waals surface area contributed by atoms with E-state index in [0.29, 0.717) is 6.04 Å². The highest BCUT2D eigenvalue weighted by Gasteiger charge is 2.27. The molecular weight excluding hydrogens is 366 g/mol. The van der Waals surface area contributed by atoms with Gasteiger partial charge in [0.25, 0.3) is 0 Å². The molecule has 2 aliphatic rings. The Balaban J connectivity index is 1.44. The number of ether oxygens (including phenoxy) is 1. The monoisotopic (exact) mass is 391 g/mol. The van der Waals surface area contributed by atoms with Crippen molar-refractivity contribution in [3.05, 3.63) is 60.4 Å². The van der Waals surface area contributed by atoms with Crippen LogP contribution in [0.1, 0.15) is 31.2 Å². The number of fused-ring (bicyclic) bond motifs is 2. The Morgan fingerprint density at radius 2 is 2.04 bits per heavy atom. The lowest BCUT2D eigenvalue weighted by molar-refractivity contribution is 0.161. The maximum atomic E-state index is 5.90. The van der Waals surface area contributed by atoms with E-state index in [1.54, 1.807) is 18.9 Å². The van der Waals surface area contributed by atoms with Crippen LogP contribution >= 0.6 is 11.8 Å². The Labute approximate surface area is 170 Å². The van der Waals surface area contributed by atoms with Gasteiger partial charge >= 0.3 is 0 Å². The van der Waals surface area contributed by atoms with E-state index in [2.05, 4.69) is 41.3 Å². The number of nitrogens with zero attached hydrogens (tertiary/aromatic N) is 1. The van der Waals surface area contributed by atoms with Gasteiger partial charge in [0.1, 0.15) is 11.3 Å². The standard InChI is InChI=1S/C24H25NO2S/c1-26-19-6-4-7-20(14-19)28-21-8-9-24-22(15-21)23(16-27-24)17-10-12-25-11-3-2-5-18(25)13-17/h4,6-10,14-16,18H,2-3,5,11-13H2,1H3. The zero-order valence-corrected chi connectivity index (χ0v) is 17.0. The quantitative estimate of drug-likeness (QED) is 0.526. The summed E-state index contributed by atoms with van der Waals surface area (Å²) in [5.41, 5.74) is 3.69. The molecule has 2 aromatic carbocycles. The molecule has 3 aromatic rings. The van der Waals surface area contributed by atoms with Gasteiger partial charge in [-0.2, -0.15) is 0 Å². The Hall–Kier alpha value is -2.17. The number of hydrogen-bond donors (Lipinski definition) is 0. The molecule has 1 saturated heterocycles. The lowest BCUT2D eigenvalue weighted by Crippen LogP contribution is -2.41. The maximum Gasteiger partial charge on any atom is 0.134 e. The van der Waals surface area contributed by atoms with Crippen molar-refractivity contribution in [3.63, 3.8) is 0 Å². The minimum Gasteiger partial charge on any atom is -0.497 e. The first kappa shape index (κ1) is 17.9. The molecule has 3 heterocycles. The fraction of sp³-hybridized carbons (Fsp3) is 0.333. The zero-order valence-electron chi connectivity index (χ0n) is 16.2. The second-order valence-electron chi connectivity index (χ2n) is 7.67. The zero-order chi connectivity index (χ0) is 18.9. The number of rotatable bonds is 4. The van der Waals surface area contributed by atoms with E-state index in [-0.39, 0.29) is 0 Å². The lowest BCUT2D eigenvalue weighted by Gasteiger charge is -2.38. The van der Waals surface area contributed by atoms with Crippen molar-refractivity contribution < 1.29 is 9.15 Å². The third-order valence-corrected chi connectivity index (χ3v) is 6.92. The molecule has 0 N–H and O–H groups in total. The van der Waals surface area contributed by atoms with Crippen molar-refractivity contribution in [1.82, 2.24) is 4.90 Å². The first-order chi connectivity index (χ1) is 13.8. The second kappa shape index (κ2) is 7.69. The Morgan fingerprint density at radius 3 is 2.96 bits per heavy atom. The largest absolute Gasteiger partial charge is 0.497 e. The normalized spacial score (nSPS) is 20.0. The molecule has 28 heavy (non-hydrogen) atoms. The van der Waals surface area contributed by atoms with E-state index in [0.717, 1.165) is 24.3 Å². The van der Waals surface area contributed by atoms with Gasteiger partial charge < -0.3 is 9.15 Å². The van der Waals surface area contributed by atoms with Crippen molar-refractivity contribution in [2.45, 2.75) is 41.5 Å². The maximum absolute atomic E-state index is 5.90. The Kier molecular flexibility index (Phi) is 4.91. The molecule has 1 atom stereocenters. The van der Waals surface area contributed by atoms with Crippen LogP contribution in [-0.2, 0) is 0 Å². The van der Waals surface area contributed by atoms with E-state index < -0.39 is 0 Å². The van der Waals surface area contributed by atoms with Gasteiger partial charge in [0.2, 0.25) is 0 Å². The Bertz CT molecular complexity index is 1020. The summed E-state index contributed by atoms with van der Waals surface area (Å²) in [5, 5.41) is 1.23. The van der Waals surface area contributed by atoms with Crippen molar-refractivity contribution >= 4 is 28.3 Å². The van der Waals surface area contributed by atoms with Gasteiger partial charge in [0.15, 0.2) is 0 Å². The number of furan rings is 1. The molecule has 3 nitrogen and oxygen atoms in total. The number of methoxy groups -OCH3 is 1.